The molecule has 0 bridgehead atoms. The summed E-state index contributed by atoms with van der Waals surface area (Å²) in [6.07, 6.45) is 3.87. The van der Waals surface area contributed by atoms with Crippen molar-refractivity contribution in [3.63, 3.8) is 0 Å². The predicted molar refractivity (Wildman–Crippen MR) is 97.8 cm³/mol. The monoisotopic (exact) mass is 390 g/mol. The summed E-state index contributed by atoms with van der Waals surface area (Å²) < 4.78 is 60.9. The highest BCUT2D eigenvalue weighted by molar-refractivity contribution is 7.27. The Morgan fingerprint density at radius 2 is 1.35 bits per heavy atom. The van der Waals surface area contributed by atoms with Gasteiger partial charge < -0.3 is 4.74 Å². The van der Waals surface area contributed by atoms with Crippen molar-refractivity contribution in [2.45, 2.75) is 64.4 Å². The molecule has 1 nitrogen and oxygen atoms in total. The molecule has 2 aliphatic rings. The first-order chi connectivity index (χ1) is 12.3. The van der Waals surface area contributed by atoms with E-state index in [1.165, 1.54) is 25.7 Å². The summed E-state index contributed by atoms with van der Waals surface area (Å²) in [7, 11) is 1.91. The molecule has 0 aliphatic heterocycles. The van der Waals surface area contributed by atoms with Crippen LogP contribution in [-0.2, 0) is 0 Å². The Morgan fingerprint density at radius 1 is 0.885 bits per heavy atom. The summed E-state index contributed by atoms with van der Waals surface area (Å²) in [5.41, 5.74) is 0. The average molecular weight is 390 g/mol. The van der Waals surface area contributed by atoms with Crippen LogP contribution in [0.1, 0.15) is 58.3 Å². The molecule has 146 valence electrons. The van der Waals surface area contributed by atoms with Gasteiger partial charge in [0.1, 0.15) is 17.4 Å². The highest BCUT2D eigenvalue weighted by Crippen LogP contribution is 2.45. The highest BCUT2D eigenvalue weighted by atomic mass is 31.0. The van der Waals surface area contributed by atoms with Gasteiger partial charge in [0, 0.05) is 17.4 Å². The Balaban J connectivity index is 1.57. The second kappa shape index (κ2) is 8.04. The van der Waals surface area contributed by atoms with Gasteiger partial charge in [-0.2, -0.15) is 8.78 Å². The Labute approximate surface area is 155 Å². The molecule has 3 rings (SSSR count). The summed E-state index contributed by atoms with van der Waals surface area (Å²) in [5.74, 6) is -1.19. The molecule has 0 spiro atoms. The minimum Gasteiger partial charge on any atom is -0.432 e. The lowest BCUT2D eigenvalue weighted by molar-refractivity contribution is -0.224. The smallest absolute Gasteiger partial charge is 0.400 e. The molecule has 26 heavy (non-hydrogen) atoms. The Kier molecular flexibility index (Phi) is 6.16. The molecule has 0 saturated heterocycles. The number of alkyl halides is 2. The first kappa shape index (κ1) is 19.9. The van der Waals surface area contributed by atoms with Crippen LogP contribution in [0, 0.1) is 35.3 Å². The second-order valence-electron chi connectivity index (χ2n) is 8.10. The number of halogens is 4. The van der Waals surface area contributed by atoms with E-state index >= 15 is 0 Å². The van der Waals surface area contributed by atoms with Crippen molar-refractivity contribution < 1.29 is 22.3 Å². The Morgan fingerprint density at radius 3 is 1.85 bits per heavy atom. The lowest BCUT2D eigenvalue weighted by Gasteiger charge is -2.38. The number of rotatable bonds is 4. The summed E-state index contributed by atoms with van der Waals surface area (Å²) in [5, 5.41) is -0.275. The van der Waals surface area contributed by atoms with E-state index in [-0.39, 0.29) is 5.30 Å². The molecule has 1 atom stereocenters. The van der Waals surface area contributed by atoms with Crippen molar-refractivity contribution in [1.82, 2.24) is 0 Å². The van der Waals surface area contributed by atoms with Gasteiger partial charge in [-0.05, 0) is 56.3 Å². The molecule has 2 saturated carbocycles. The van der Waals surface area contributed by atoms with E-state index in [4.69, 9.17) is 4.74 Å². The van der Waals surface area contributed by atoms with Gasteiger partial charge in [-0.25, -0.2) is 8.78 Å². The molecule has 2 fully saturated rings. The highest BCUT2D eigenvalue weighted by Gasteiger charge is 2.45. The van der Waals surface area contributed by atoms with Crippen LogP contribution in [0.2, 0.25) is 0 Å². The standard InChI is InChI=1S/C20H27F4OP/c1-12-2-4-13(5-3-12)14-6-8-15(9-7-14)20(23,24)25-16-10-17(21)19(26)18(22)11-16/h10-15H,2-9,26H2,1H3. The van der Waals surface area contributed by atoms with Gasteiger partial charge in [-0.15, -0.1) is 0 Å². The van der Waals surface area contributed by atoms with Crippen LogP contribution in [0.3, 0.4) is 0 Å². The van der Waals surface area contributed by atoms with Crippen LogP contribution < -0.4 is 10.0 Å². The molecule has 2 aliphatic carbocycles. The lowest BCUT2D eigenvalue weighted by atomic mass is 9.69. The number of hydrogen-bond donors (Lipinski definition) is 0. The predicted octanol–water partition coefficient (Wildman–Crippen LogP) is 6.07. The fourth-order valence-corrected chi connectivity index (χ4v) is 4.71. The van der Waals surface area contributed by atoms with Crippen LogP contribution in [0.25, 0.3) is 0 Å². The van der Waals surface area contributed by atoms with Crippen LogP contribution in [0.5, 0.6) is 5.75 Å². The van der Waals surface area contributed by atoms with Crippen LogP contribution >= 0.6 is 9.24 Å². The molecule has 0 N–H and O–H groups in total. The zero-order valence-corrected chi connectivity index (χ0v) is 16.3. The minimum absolute atomic E-state index is 0.275. The van der Waals surface area contributed by atoms with Crippen molar-refractivity contribution in [1.29, 1.82) is 0 Å². The zero-order valence-electron chi connectivity index (χ0n) is 15.1. The molecule has 0 amide bonds. The first-order valence-corrected chi connectivity index (χ1v) is 10.2. The average Bonchev–Trinajstić information content (AvgIpc) is 2.60. The summed E-state index contributed by atoms with van der Waals surface area (Å²) in [6, 6.07) is 1.63. The SMILES string of the molecule is CC1CCC(C2CCC(C(F)(F)Oc3cc(F)c(P)c(F)c3)CC2)CC1. The van der Waals surface area contributed by atoms with E-state index < -0.39 is 29.4 Å². The molecule has 1 aromatic carbocycles. The van der Waals surface area contributed by atoms with Gasteiger partial charge in [-0.1, -0.05) is 29.0 Å². The zero-order chi connectivity index (χ0) is 18.9. The Bertz CT molecular complexity index is 597. The van der Waals surface area contributed by atoms with Crippen molar-refractivity contribution >= 4 is 14.5 Å². The fraction of sp³-hybridized carbons (Fsp3) is 0.700. The van der Waals surface area contributed by atoms with Gasteiger partial charge in [0.25, 0.3) is 0 Å². The summed E-state index contributed by atoms with van der Waals surface area (Å²) in [4.78, 5) is 0. The molecule has 1 aromatic rings. The number of ether oxygens (including phenoxy) is 1. The maximum Gasteiger partial charge on any atom is 0.400 e. The largest absolute Gasteiger partial charge is 0.432 e. The normalized spacial score (nSPS) is 30.2. The summed E-state index contributed by atoms with van der Waals surface area (Å²) in [6.45, 7) is 2.28. The molecule has 0 heterocycles. The molecular formula is C20H27F4OP. The maximum atomic E-state index is 14.5. The number of hydrogen-bond acceptors (Lipinski definition) is 1. The third-order valence-corrected chi connectivity index (χ3v) is 6.83. The van der Waals surface area contributed by atoms with Gasteiger partial charge in [0.15, 0.2) is 0 Å². The summed E-state index contributed by atoms with van der Waals surface area (Å²) >= 11 is 0. The van der Waals surface area contributed by atoms with E-state index in [9.17, 15) is 17.6 Å². The van der Waals surface area contributed by atoms with Gasteiger partial charge in [0.05, 0.1) is 5.92 Å². The topological polar surface area (TPSA) is 9.23 Å². The van der Waals surface area contributed by atoms with Crippen molar-refractivity contribution in [3.05, 3.63) is 23.8 Å². The maximum absolute atomic E-state index is 14.5. The molecular weight excluding hydrogens is 363 g/mol. The van der Waals surface area contributed by atoms with Crippen molar-refractivity contribution in [2.75, 3.05) is 0 Å². The van der Waals surface area contributed by atoms with Crippen molar-refractivity contribution in [3.8, 4) is 5.75 Å². The minimum atomic E-state index is -3.41. The molecule has 0 aromatic heterocycles. The number of benzene rings is 1. The van der Waals surface area contributed by atoms with Gasteiger partial charge >= 0.3 is 6.11 Å². The van der Waals surface area contributed by atoms with E-state index in [1.54, 1.807) is 0 Å². The quantitative estimate of drug-likeness (QED) is 0.448. The molecule has 0 radical (unpaired) electrons. The van der Waals surface area contributed by atoms with Crippen LogP contribution in [0.4, 0.5) is 17.6 Å². The van der Waals surface area contributed by atoms with Gasteiger partial charge in [0.2, 0.25) is 0 Å². The fourth-order valence-electron chi connectivity index (χ4n) is 4.54. The third-order valence-electron chi connectivity index (χ3n) is 6.28. The second-order valence-corrected chi connectivity index (χ2v) is 8.67. The van der Waals surface area contributed by atoms with E-state index in [1.807, 2.05) is 9.24 Å². The van der Waals surface area contributed by atoms with Crippen molar-refractivity contribution in [2.24, 2.45) is 23.7 Å². The van der Waals surface area contributed by atoms with E-state index in [2.05, 4.69) is 6.92 Å². The van der Waals surface area contributed by atoms with Gasteiger partial charge in [-0.3, -0.25) is 0 Å². The molecule has 6 heteroatoms. The first-order valence-electron chi connectivity index (χ1n) is 9.57. The van der Waals surface area contributed by atoms with E-state index in [0.717, 1.165) is 30.9 Å². The Hall–Kier alpha value is -0.830. The van der Waals surface area contributed by atoms with Crippen LogP contribution in [0.15, 0.2) is 12.1 Å². The molecule has 1 unspecified atom stereocenters. The third kappa shape index (κ3) is 4.52. The van der Waals surface area contributed by atoms with Crippen LogP contribution in [-0.4, -0.2) is 6.11 Å². The lowest BCUT2D eigenvalue weighted by Crippen LogP contribution is -2.38. The van der Waals surface area contributed by atoms with E-state index in [0.29, 0.717) is 24.7 Å².